The van der Waals surface area contributed by atoms with Crippen LogP contribution in [-0.2, 0) is 28.4 Å². The second-order valence-electron chi connectivity index (χ2n) is 8.20. The molecule has 1 aromatic rings. The van der Waals surface area contributed by atoms with E-state index < -0.39 is 17.9 Å². The van der Waals surface area contributed by atoms with Gasteiger partial charge in [0.2, 0.25) is 0 Å². The van der Waals surface area contributed by atoms with Crippen molar-refractivity contribution in [2.24, 2.45) is 0 Å². The van der Waals surface area contributed by atoms with Crippen molar-refractivity contribution in [1.29, 1.82) is 0 Å². The molecule has 198 valence electrons. The van der Waals surface area contributed by atoms with Crippen LogP contribution in [0.15, 0.2) is 54.7 Å². The van der Waals surface area contributed by atoms with Gasteiger partial charge in [-0.1, -0.05) is 36.5 Å². The minimum absolute atomic E-state index is 0.0138. The molecule has 0 saturated heterocycles. The SMILES string of the molecule is C=C(C)COCCOC(=O)c1ccc(C(=O)OCCOCC(=C)C)c(C(=O)OCCOCC(=C)C)c1. The molecule has 0 aliphatic carbocycles. The predicted molar refractivity (Wildman–Crippen MR) is 134 cm³/mol. The summed E-state index contributed by atoms with van der Waals surface area (Å²) in [5.41, 5.74) is 2.40. The summed E-state index contributed by atoms with van der Waals surface area (Å²) in [5.74, 6) is -2.24. The summed E-state index contributed by atoms with van der Waals surface area (Å²) < 4.78 is 31.5. The molecule has 0 bridgehead atoms. The Bertz CT molecular complexity index is 933. The Labute approximate surface area is 212 Å². The maximum absolute atomic E-state index is 12.7. The molecule has 0 atom stereocenters. The zero-order valence-electron chi connectivity index (χ0n) is 21.4. The van der Waals surface area contributed by atoms with Gasteiger partial charge in [-0.05, 0) is 39.0 Å². The van der Waals surface area contributed by atoms with E-state index in [9.17, 15) is 14.4 Å². The third-order valence-corrected chi connectivity index (χ3v) is 4.12. The molecule has 0 aliphatic heterocycles. The number of hydrogen-bond acceptors (Lipinski definition) is 9. The molecule has 0 aliphatic rings. The summed E-state index contributed by atoms with van der Waals surface area (Å²) in [6, 6.07) is 3.93. The summed E-state index contributed by atoms with van der Waals surface area (Å²) in [6.45, 7) is 18.1. The van der Waals surface area contributed by atoms with Crippen molar-refractivity contribution in [2.45, 2.75) is 20.8 Å². The fourth-order valence-corrected chi connectivity index (χ4v) is 2.58. The van der Waals surface area contributed by atoms with E-state index in [1.54, 1.807) is 0 Å². The van der Waals surface area contributed by atoms with Crippen LogP contribution in [-0.4, -0.2) is 77.4 Å². The summed E-state index contributed by atoms with van der Waals surface area (Å²) in [4.78, 5) is 37.8. The van der Waals surface area contributed by atoms with Gasteiger partial charge in [0.15, 0.2) is 0 Å². The number of hydrogen-bond donors (Lipinski definition) is 0. The highest BCUT2D eigenvalue weighted by Gasteiger charge is 2.22. The highest BCUT2D eigenvalue weighted by atomic mass is 16.6. The first kappa shape index (κ1) is 30.8. The van der Waals surface area contributed by atoms with E-state index in [0.29, 0.717) is 19.8 Å². The van der Waals surface area contributed by atoms with E-state index in [1.807, 2.05) is 20.8 Å². The summed E-state index contributed by atoms with van der Waals surface area (Å²) >= 11 is 0. The molecule has 1 aromatic carbocycles. The van der Waals surface area contributed by atoms with Crippen molar-refractivity contribution >= 4 is 17.9 Å². The molecule has 9 nitrogen and oxygen atoms in total. The quantitative estimate of drug-likeness (QED) is 0.127. The van der Waals surface area contributed by atoms with Crippen LogP contribution in [0.1, 0.15) is 51.8 Å². The Kier molecular flexibility index (Phi) is 14.7. The standard InChI is InChI=1S/C27H36O9/c1-19(2)16-31-9-12-34-25(28)22-7-8-23(26(29)35-13-10-32-17-20(3)4)24(15-22)27(30)36-14-11-33-18-21(5)6/h7-8,15H,1,3,5,9-14,16-18H2,2,4,6H3. The fourth-order valence-electron chi connectivity index (χ4n) is 2.58. The lowest BCUT2D eigenvalue weighted by Crippen LogP contribution is -2.19. The van der Waals surface area contributed by atoms with Crippen molar-refractivity contribution < 1.29 is 42.8 Å². The van der Waals surface area contributed by atoms with Gasteiger partial charge in [0, 0.05) is 0 Å². The van der Waals surface area contributed by atoms with E-state index in [0.717, 1.165) is 16.7 Å². The smallest absolute Gasteiger partial charge is 0.339 e. The predicted octanol–water partition coefficient (Wildman–Crippen LogP) is 3.94. The topological polar surface area (TPSA) is 107 Å². The maximum atomic E-state index is 12.7. The molecule has 0 amide bonds. The number of esters is 3. The van der Waals surface area contributed by atoms with Crippen molar-refractivity contribution in [1.82, 2.24) is 0 Å². The van der Waals surface area contributed by atoms with Gasteiger partial charge in [-0.25, -0.2) is 14.4 Å². The van der Waals surface area contributed by atoms with Gasteiger partial charge in [-0.3, -0.25) is 0 Å². The van der Waals surface area contributed by atoms with Gasteiger partial charge >= 0.3 is 17.9 Å². The van der Waals surface area contributed by atoms with Gasteiger partial charge in [0.25, 0.3) is 0 Å². The lowest BCUT2D eigenvalue weighted by molar-refractivity contribution is 0.0304. The minimum atomic E-state index is -0.807. The van der Waals surface area contributed by atoms with Crippen LogP contribution in [0.3, 0.4) is 0 Å². The molecule has 36 heavy (non-hydrogen) atoms. The first-order chi connectivity index (χ1) is 17.1. The number of rotatable bonds is 18. The van der Waals surface area contributed by atoms with E-state index in [2.05, 4.69) is 19.7 Å². The van der Waals surface area contributed by atoms with Gasteiger partial charge in [-0.15, -0.1) is 0 Å². The van der Waals surface area contributed by atoms with Crippen molar-refractivity contribution in [3.63, 3.8) is 0 Å². The lowest BCUT2D eigenvalue weighted by atomic mass is 10.0. The summed E-state index contributed by atoms with van der Waals surface area (Å²) in [6.07, 6.45) is 0. The third-order valence-electron chi connectivity index (χ3n) is 4.12. The molecular weight excluding hydrogens is 468 g/mol. The highest BCUT2D eigenvalue weighted by molar-refractivity contribution is 6.05. The number of ether oxygens (including phenoxy) is 6. The van der Waals surface area contributed by atoms with Crippen molar-refractivity contribution in [3.8, 4) is 0 Å². The Balaban J connectivity index is 2.86. The largest absolute Gasteiger partial charge is 0.460 e. The van der Waals surface area contributed by atoms with E-state index in [4.69, 9.17) is 28.4 Å². The van der Waals surface area contributed by atoms with Crippen LogP contribution in [0.25, 0.3) is 0 Å². The number of carbonyl (C=O) groups excluding carboxylic acids is 3. The number of benzene rings is 1. The third kappa shape index (κ3) is 13.0. The molecule has 0 aromatic heterocycles. The Hall–Kier alpha value is -3.27. The molecule has 0 heterocycles. The molecule has 0 N–H and O–H groups in total. The van der Waals surface area contributed by atoms with Crippen molar-refractivity contribution in [2.75, 3.05) is 59.5 Å². The van der Waals surface area contributed by atoms with Gasteiger partial charge < -0.3 is 28.4 Å². The molecule has 9 heteroatoms. The van der Waals surface area contributed by atoms with Crippen LogP contribution in [0.2, 0.25) is 0 Å². The van der Waals surface area contributed by atoms with Crippen LogP contribution in [0.5, 0.6) is 0 Å². The van der Waals surface area contributed by atoms with Gasteiger partial charge in [0.05, 0.1) is 56.3 Å². The van der Waals surface area contributed by atoms with Crippen LogP contribution in [0, 0.1) is 0 Å². The summed E-state index contributed by atoms with van der Waals surface area (Å²) in [7, 11) is 0. The van der Waals surface area contributed by atoms with E-state index in [1.165, 1.54) is 18.2 Å². The average Bonchev–Trinajstić information content (AvgIpc) is 2.82. The first-order valence-corrected chi connectivity index (χ1v) is 11.4. The van der Waals surface area contributed by atoms with Crippen LogP contribution in [0.4, 0.5) is 0 Å². The molecule has 0 spiro atoms. The molecule has 0 unspecified atom stereocenters. The first-order valence-electron chi connectivity index (χ1n) is 11.4. The molecule has 0 fully saturated rings. The molecule has 1 rings (SSSR count). The zero-order valence-corrected chi connectivity index (χ0v) is 21.4. The Morgan fingerprint density at radius 1 is 0.583 bits per heavy atom. The van der Waals surface area contributed by atoms with E-state index in [-0.39, 0.29) is 56.3 Å². The van der Waals surface area contributed by atoms with Gasteiger partial charge in [0.1, 0.15) is 19.8 Å². The second kappa shape index (κ2) is 17.2. The maximum Gasteiger partial charge on any atom is 0.339 e. The minimum Gasteiger partial charge on any atom is -0.460 e. The van der Waals surface area contributed by atoms with Crippen LogP contribution >= 0.6 is 0 Å². The van der Waals surface area contributed by atoms with Crippen LogP contribution < -0.4 is 0 Å². The highest BCUT2D eigenvalue weighted by Crippen LogP contribution is 2.16. The normalized spacial score (nSPS) is 10.4. The Morgan fingerprint density at radius 2 is 0.972 bits per heavy atom. The molecule has 0 radical (unpaired) electrons. The van der Waals surface area contributed by atoms with Crippen molar-refractivity contribution in [3.05, 3.63) is 71.3 Å². The van der Waals surface area contributed by atoms with E-state index >= 15 is 0 Å². The number of carbonyl (C=O) groups is 3. The molecule has 0 saturated carbocycles. The molecular formula is C27H36O9. The van der Waals surface area contributed by atoms with Gasteiger partial charge in [-0.2, -0.15) is 0 Å². The average molecular weight is 505 g/mol. The Morgan fingerprint density at radius 3 is 1.39 bits per heavy atom. The second-order valence-corrected chi connectivity index (χ2v) is 8.20. The zero-order chi connectivity index (χ0) is 26.9. The monoisotopic (exact) mass is 504 g/mol. The lowest BCUT2D eigenvalue weighted by Gasteiger charge is -2.12. The summed E-state index contributed by atoms with van der Waals surface area (Å²) in [5, 5.41) is 0. The fraction of sp³-hybridized carbons (Fsp3) is 0.444.